The average molecular weight is 373 g/mol. The predicted molar refractivity (Wildman–Crippen MR) is 114 cm³/mol. The van der Waals surface area contributed by atoms with Crippen LogP contribution >= 0.6 is 0 Å². The van der Waals surface area contributed by atoms with E-state index in [1.807, 2.05) is 0 Å². The highest BCUT2D eigenvalue weighted by Crippen LogP contribution is 2.47. The summed E-state index contributed by atoms with van der Waals surface area (Å²) < 4.78 is 5.95. The van der Waals surface area contributed by atoms with E-state index in [-0.39, 0.29) is 5.92 Å². The molecule has 0 radical (unpaired) electrons. The molecule has 0 saturated heterocycles. The molecule has 2 nitrogen and oxygen atoms in total. The third-order valence-electron chi connectivity index (χ3n) is 5.82. The second kappa shape index (κ2) is 8.52. The molecule has 28 heavy (non-hydrogen) atoms. The number of aromatic hydroxyl groups is 1. The summed E-state index contributed by atoms with van der Waals surface area (Å²) in [7, 11) is 0. The van der Waals surface area contributed by atoms with Crippen molar-refractivity contribution in [1.29, 1.82) is 0 Å². The lowest BCUT2D eigenvalue weighted by Crippen LogP contribution is -2.20. The number of hydrogen-bond acceptors (Lipinski definition) is 2. The van der Waals surface area contributed by atoms with Crippen molar-refractivity contribution in [3.63, 3.8) is 0 Å². The van der Waals surface area contributed by atoms with Gasteiger partial charge in [-0.05, 0) is 71.7 Å². The lowest BCUT2D eigenvalue weighted by Gasteiger charge is -2.35. The number of ether oxygens (including phenoxy) is 1. The van der Waals surface area contributed by atoms with Crippen LogP contribution in [0.3, 0.4) is 0 Å². The van der Waals surface area contributed by atoms with Gasteiger partial charge < -0.3 is 9.84 Å². The highest BCUT2D eigenvalue weighted by Gasteiger charge is 2.32. The van der Waals surface area contributed by atoms with E-state index in [0.717, 1.165) is 38.0 Å². The van der Waals surface area contributed by atoms with Crippen LogP contribution in [0.2, 0.25) is 0 Å². The smallest absolute Gasteiger partial charge is 0.119 e. The number of fused-ring (bicyclic) bond motifs is 1. The summed E-state index contributed by atoms with van der Waals surface area (Å²) in [5.74, 6) is 2.02. The maximum absolute atomic E-state index is 9.76. The fraction of sp³-hybridized carbons (Fsp3) is 0.308. The van der Waals surface area contributed by atoms with Gasteiger partial charge in [-0.3, -0.25) is 0 Å². The number of hydrogen-bond donors (Lipinski definition) is 1. The van der Waals surface area contributed by atoms with E-state index in [4.69, 9.17) is 4.74 Å². The van der Waals surface area contributed by atoms with E-state index < -0.39 is 0 Å². The monoisotopic (exact) mass is 372 g/mol. The zero-order chi connectivity index (χ0) is 19.3. The Morgan fingerprint density at radius 1 is 0.929 bits per heavy atom. The first-order valence-electron chi connectivity index (χ1n) is 10.4. The van der Waals surface area contributed by atoms with Crippen LogP contribution in [-0.2, 0) is 6.42 Å². The van der Waals surface area contributed by atoms with Crippen molar-refractivity contribution in [3.8, 4) is 11.5 Å². The van der Waals surface area contributed by atoms with Crippen molar-refractivity contribution in [3.05, 3.63) is 95.1 Å². The van der Waals surface area contributed by atoms with Crippen molar-refractivity contribution in [2.24, 2.45) is 0 Å². The third kappa shape index (κ3) is 3.91. The summed E-state index contributed by atoms with van der Waals surface area (Å²) in [6.07, 6.45) is 4.41. The molecule has 0 fully saturated rings. The van der Waals surface area contributed by atoms with E-state index in [2.05, 4.69) is 67.6 Å². The Morgan fingerprint density at radius 2 is 1.71 bits per heavy atom. The van der Waals surface area contributed by atoms with Crippen LogP contribution in [-0.4, -0.2) is 11.7 Å². The molecule has 1 aliphatic rings. The summed E-state index contributed by atoms with van der Waals surface area (Å²) >= 11 is 0. The molecule has 0 heterocycles. The summed E-state index contributed by atoms with van der Waals surface area (Å²) in [5, 5.41) is 9.76. The second-order valence-corrected chi connectivity index (χ2v) is 7.69. The van der Waals surface area contributed by atoms with Crippen molar-refractivity contribution in [1.82, 2.24) is 0 Å². The molecule has 4 rings (SSSR count). The van der Waals surface area contributed by atoms with Crippen LogP contribution in [0.5, 0.6) is 11.5 Å². The standard InChI is InChI=1S/C26H28O2/c1-2-3-17-28-23-14-16-25-21(18-23)11-15-24(19-7-5-4-6-8-19)26(25)20-9-12-22(27)13-10-20/h4-10,12-14,16,18,24,26-27H,2-3,11,15,17H2,1H3/t24-,26+/m1/s1. The molecular weight excluding hydrogens is 344 g/mol. The molecule has 3 aromatic rings. The minimum absolute atomic E-state index is 0.288. The zero-order valence-electron chi connectivity index (χ0n) is 16.5. The first-order valence-corrected chi connectivity index (χ1v) is 10.4. The molecule has 144 valence electrons. The summed E-state index contributed by atoms with van der Waals surface area (Å²) in [5.41, 5.74) is 5.41. The first kappa shape index (κ1) is 18.6. The third-order valence-corrected chi connectivity index (χ3v) is 5.82. The largest absolute Gasteiger partial charge is 0.508 e. The fourth-order valence-electron chi connectivity index (χ4n) is 4.37. The summed E-state index contributed by atoms with van der Waals surface area (Å²) in [6.45, 7) is 2.96. The quantitative estimate of drug-likeness (QED) is 0.505. The van der Waals surface area contributed by atoms with Gasteiger partial charge in [-0.25, -0.2) is 0 Å². The molecule has 2 atom stereocenters. The minimum atomic E-state index is 0.288. The first-order chi connectivity index (χ1) is 13.8. The lowest BCUT2D eigenvalue weighted by atomic mass is 9.69. The maximum Gasteiger partial charge on any atom is 0.119 e. The van der Waals surface area contributed by atoms with Gasteiger partial charge in [0.2, 0.25) is 0 Å². The van der Waals surface area contributed by atoms with Crippen LogP contribution < -0.4 is 4.74 Å². The van der Waals surface area contributed by atoms with E-state index in [1.54, 1.807) is 12.1 Å². The Morgan fingerprint density at radius 3 is 2.46 bits per heavy atom. The van der Waals surface area contributed by atoms with Crippen molar-refractivity contribution in [2.75, 3.05) is 6.61 Å². The molecule has 0 aromatic heterocycles. The van der Waals surface area contributed by atoms with Crippen molar-refractivity contribution in [2.45, 2.75) is 44.4 Å². The molecule has 0 saturated carbocycles. The van der Waals surface area contributed by atoms with Crippen LogP contribution in [0.1, 0.15) is 60.3 Å². The summed E-state index contributed by atoms with van der Waals surface area (Å²) in [6, 6.07) is 25.2. The lowest BCUT2D eigenvalue weighted by molar-refractivity contribution is 0.308. The molecular formula is C26H28O2. The number of phenols is 1. The zero-order valence-corrected chi connectivity index (χ0v) is 16.5. The number of rotatable bonds is 6. The van der Waals surface area contributed by atoms with Gasteiger partial charge in [-0.2, -0.15) is 0 Å². The van der Waals surface area contributed by atoms with Crippen LogP contribution in [0.15, 0.2) is 72.8 Å². The van der Waals surface area contributed by atoms with Crippen LogP contribution in [0.4, 0.5) is 0 Å². The molecule has 0 aliphatic heterocycles. The minimum Gasteiger partial charge on any atom is -0.508 e. The Hall–Kier alpha value is -2.74. The predicted octanol–water partition coefficient (Wildman–Crippen LogP) is 6.43. The fourth-order valence-corrected chi connectivity index (χ4v) is 4.37. The van der Waals surface area contributed by atoms with Crippen molar-refractivity contribution < 1.29 is 9.84 Å². The van der Waals surface area contributed by atoms with Gasteiger partial charge in [0.05, 0.1) is 6.61 Å². The molecule has 0 unspecified atom stereocenters. The Kier molecular flexibility index (Phi) is 5.66. The highest BCUT2D eigenvalue weighted by atomic mass is 16.5. The van der Waals surface area contributed by atoms with Crippen LogP contribution in [0, 0.1) is 0 Å². The SMILES string of the molecule is CCCCOc1ccc2c(c1)CC[C@H](c1ccccc1)[C@@H]2c1ccc(O)cc1. The molecule has 0 amide bonds. The molecule has 3 aromatic carbocycles. The molecule has 0 spiro atoms. The molecule has 0 bridgehead atoms. The Bertz CT molecular complexity index is 899. The number of phenolic OH excluding ortho intramolecular Hbond substituents is 1. The topological polar surface area (TPSA) is 29.5 Å². The number of aryl methyl sites for hydroxylation is 1. The number of unbranched alkanes of at least 4 members (excludes halogenated alkanes) is 1. The Balaban J connectivity index is 1.72. The molecule has 1 N–H and O–H groups in total. The normalized spacial score (nSPS) is 18.5. The molecule has 2 heteroatoms. The highest BCUT2D eigenvalue weighted by molar-refractivity contribution is 5.48. The van der Waals surface area contributed by atoms with Gasteiger partial charge in [0, 0.05) is 5.92 Å². The average Bonchev–Trinajstić information content (AvgIpc) is 2.74. The molecule has 1 aliphatic carbocycles. The van der Waals surface area contributed by atoms with Gasteiger partial charge >= 0.3 is 0 Å². The summed E-state index contributed by atoms with van der Waals surface area (Å²) in [4.78, 5) is 0. The van der Waals surface area contributed by atoms with Crippen molar-refractivity contribution >= 4 is 0 Å². The van der Waals surface area contributed by atoms with Gasteiger partial charge in [0.1, 0.15) is 11.5 Å². The maximum atomic E-state index is 9.76. The number of benzene rings is 3. The van der Waals surface area contributed by atoms with E-state index >= 15 is 0 Å². The van der Waals surface area contributed by atoms with Gasteiger partial charge in [-0.15, -0.1) is 0 Å². The van der Waals surface area contributed by atoms with E-state index in [1.165, 1.54) is 22.3 Å². The van der Waals surface area contributed by atoms with E-state index in [0.29, 0.717) is 11.7 Å². The van der Waals surface area contributed by atoms with E-state index in [9.17, 15) is 5.11 Å². The second-order valence-electron chi connectivity index (χ2n) is 7.69. The van der Waals surface area contributed by atoms with Gasteiger partial charge in [0.25, 0.3) is 0 Å². The van der Waals surface area contributed by atoms with Gasteiger partial charge in [0.15, 0.2) is 0 Å². The van der Waals surface area contributed by atoms with Crippen LogP contribution in [0.25, 0.3) is 0 Å². The Labute approximate surface area is 167 Å². The van der Waals surface area contributed by atoms with Gasteiger partial charge in [-0.1, -0.05) is 61.9 Å².